The summed E-state index contributed by atoms with van der Waals surface area (Å²) < 4.78 is 0. The van der Waals surface area contributed by atoms with Crippen LogP contribution in [0.5, 0.6) is 0 Å². The highest BCUT2D eigenvalue weighted by molar-refractivity contribution is 5.85. The Morgan fingerprint density at radius 3 is 2.93 bits per heavy atom. The van der Waals surface area contributed by atoms with Crippen molar-refractivity contribution in [3.8, 4) is 0 Å². The maximum atomic E-state index is 11.5. The zero-order valence-corrected chi connectivity index (χ0v) is 9.11. The molecule has 1 aliphatic rings. The molecular formula is C12H18O3. The molecular weight excluding hydrogens is 192 g/mol. The molecule has 0 aromatic heterocycles. The van der Waals surface area contributed by atoms with Gasteiger partial charge in [-0.1, -0.05) is 25.5 Å². The fraction of sp³-hybridized carbons (Fsp3) is 0.667. The molecule has 0 aromatic rings. The van der Waals surface area contributed by atoms with Crippen molar-refractivity contribution in [2.45, 2.75) is 39.0 Å². The number of carbonyl (C=O) groups is 2. The Bertz CT molecular complexity index is 268. The first-order chi connectivity index (χ1) is 7.15. The van der Waals surface area contributed by atoms with Gasteiger partial charge in [0.1, 0.15) is 5.78 Å². The van der Waals surface area contributed by atoms with Crippen LogP contribution in [-0.4, -0.2) is 16.9 Å². The highest BCUT2D eigenvalue weighted by atomic mass is 16.4. The molecule has 2 unspecified atom stereocenters. The van der Waals surface area contributed by atoms with Crippen LogP contribution < -0.4 is 0 Å². The largest absolute Gasteiger partial charge is 0.481 e. The molecule has 3 nitrogen and oxygen atoms in total. The van der Waals surface area contributed by atoms with E-state index in [0.29, 0.717) is 6.42 Å². The van der Waals surface area contributed by atoms with Crippen molar-refractivity contribution in [2.24, 2.45) is 11.8 Å². The lowest BCUT2D eigenvalue weighted by atomic mass is 9.92. The third-order valence-corrected chi connectivity index (χ3v) is 2.88. The Morgan fingerprint density at radius 2 is 2.33 bits per heavy atom. The SMILES string of the molecule is CCC/C=C/C1C(=O)CCC1CC(=O)O. The number of hydrogen-bond acceptors (Lipinski definition) is 2. The molecule has 0 aromatic carbocycles. The van der Waals surface area contributed by atoms with Crippen LogP contribution in [0.1, 0.15) is 39.0 Å². The second kappa shape index (κ2) is 5.69. The fourth-order valence-electron chi connectivity index (χ4n) is 2.06. The summed E-state index contributed by atoms with van der Waals surface area (Å²) in [4.78, 5) is 22.1. The van der Waals surface area contributed by atoms with Crippen molar-refractivity contribution >= 4 is 11.8 Å². The maximum Gasteiger partial charge on any atom is 0.303 e. The van der Waals surface area contributed by atoms with E-state index < -0.39 is 5.97 Å². The molecule has 84 valence electrons. The van der Waals surface area contributed by atoms with E-state index >= 15 is 0 Å². The lowest BCUT2D eigenvalue weighted by Crippen LogP contribution is -2.15. The van der Waals surface area contributed by atoms with Gasteiger partial charge in [0.2, 0.25) is 0 Å². The van der Waals surface area contributed by atoms with Gasteiger partial charge in [-0.3, -0.25) is 9.59 Å². The van der Waals surface area contributed by atoms with Crippen molar-refractivity contribution in [3.63, 3.8) is 0 Å². The van der Waals surface area contributed by atoms with E-state index in [4.69, 9.17) is 5.11 Å². The predicted molar refractivity (Wildman–Crippen MR) is 57.5 cm³/mol. The molecule has 3 heteroatoms. The van der Waals surface area contributed by atoms with E-state index in [1.807, 2.05) is 12.2 Å². The molecule has 1 N–H and O–H groups in total. The first kappa shape index (κ1) is 12.0. The maximum absolute atomic E-state index is 11.5. The monoisotopic (exact) mass is 210 g/mol. The summed E-state index contributed by atoms with van der Waals surface area (Å²) in [6, 6.07) is 0. The molecule has 0 spiro atoms. The number of allylic oxidation sites excluding steroid dienone is 2. The van der Waals surface area contributed by atoms with Gasteiger partial charge in [0, 0.05) is 18.8 Å². The second-order valence-electron chi connectivity index (χ2n) is 4.11. The number of Topliss-reactive ketones (excluding diaryl/α,β-unsaturated/α-hetero) is 1. The van der Waals surface area contributed by atoms with E-state index in [2.05, 4.69) is 6.92 Å². The second-order valence-corrected chi connectivity index (χ2v) is 4.11. The molecule has 15 heavy (non-hydrogen) atoms. The highest BCUT2D eigenvalue weighted by Gasteiger charge is 2.33. The molecule has 0 amide bonds. The van der Waals surface area contributed by atoms with Crippen LogP contribution in [0, 0.1) is 11.8 Å². The van der Waals surface area contributed by atoms with Crippen molar-refractivity contribution in [2.75, 3.05) is 0 Å². The van der Waals surface area contributed by atoms with Crippen LogP contribution in [0.15, 0.2) is 12.2 Å². The minimum Gasteiger partial charge on any atom is -0.481 e. The number of unbranched alkanes of at least 4 members (excludes halogenated alkanes) is 1. The first-order valence-corrected chi connectivity index (χ1v) is 5.56. The van der Waals surface area contributed by atoms with Crippen molar-refractivity contribution in [1.29, 1.82) is 0 Å². The summed E-state index contributed by atoms with van der Waals surface area (Å²) in [5, 5.41) is 8.71. The molecule has 0 radical (unpaired) electrons. The molecule has 2 atom stereocenters. The van der Waals surface area contributed by atoms with Crippen LogP contribution in [0.3, 0.4) is 0 Å². The highest BCUT2D eigenvalue weighted by Crippen LogP contribution is 2.32. The molecule has 0 aliphatic heterocycles. The summed E-state index contributed by atoms with van der Waals surface area (Å²) in [7, 11) is 0. The van der Waals surface area contributed by atoms with Gasteiger partial charge in [-0.25, -0.2) is 0 Å². The van der Waals surface area contributed by atoms with E-state index in [1.54, 1.807) is 0 Å². The lowest BCUT2D eigenvalue weighted by molar-refractivity contribution is -0.138. The lowest BCUT2D eigenvalue weighted by Gasteiger charge is -2.11. The molecule has 0 saturated heterocycles. The summed E-state index contributed by atoms with van der Waals surface area (Å²) in [6.07, 6.45) is 7.32. The summed E-state index contributed by atoms with van der Waals surface area (Å²) in [5.41, 5.74) is 0. The van der Waals surface area contributed by atoms with Crippen LogP contribution in [0.2, 0.25) is 0 Å². The quantitative estimate of drug-likeness (QED) is 0.709. The Morgan fingerprint density at radius 1 is 1.60 bits per heavy atom. The molecule has 1 rings (SSSR count). The Balaban J connectivity index is 2.56. The number of aliphatic carboxylic acids is 1. The smallest absolute Gasteiger partial charge is 0.303 e. The molecule has 1 saturated carbocycles. The van der Waals surface area contributed by atoms with Crippen LogP contribution in [-0.2, 0) is 9.59 Å². The van der Waals surface area contributed by atoms with Gasteiger partial charge in [-0.2, -0.15) is 0 Å². The summed E-state index contributed by atoms with van der Waals surface area (Å²) in [6.45, 7) is 2.08. The average Bonchev–Trinajstić information content (AvgIpc) is 2.49. The van der Waals surface area contributed by atoms with E-state index in [1.165, 1.54) is 0 Å². The molecule has 1 aliphatic carbocycles. The molecule has 0 bridgehead atoms. The Kier molecular flexibility index (Phi) is 4.53. The Hall–Kier alpha value is -1.12. The predicted octanol–water partition coefficient (Wildman–Crippen LogP) is 2.41. The Labute approximate surface area is 90.2 Å². The zero-order chi connectivity index (χ0) is 11.3. The standard InChI is InChI=1S/C12H18O3/c1-2-3-4-5-10-9(8-12(14)15)6-7-11(10)13/h4-5,9-10H,2-3,6-8H2,1H3,(H,14,15)/b5-4+. The number of hydrogen-bond donors (Lipinski definition) is 1. The van der Waals surface area contributed by atoms with E-state index in [9.17, 15) is 9.59 Å². The van der Waals surface area contributed by atoms with Gasteiger partial charge in [-0.15, -0.1) is 0 Å². The van der Waals surface area contributed by atoms with Crippen LogP contribution in [0.4, 0.5) is 0 Å². The van der Waals surface area contributed by atoms with Crippen molar-refractivity contribution < 1.29 is 14.7 Å². The number of ketones is 1. The third-order valence-electron chi connectivity index (χ3n) is 2.88. The summed E-state index contributed by atoms with van der Waals surface area (Å²) >= 11 is 0. The minimum absolute atomic E-state index is 0.0168. The molecule has 0 heterocycles. The normalized spacial score (nSPS) is 26.3. The van der Waals surface area contributed by atoms with Gasteiger partial charge in [0.25, 0.3) is 0 Å². The van der Waals surface area contributed by atoms with Crippen molar-refractivity contribution in [1.82, 2.24) is 0 Å². The van der Waals surface area contributed by atoms with Crippen molar-refractivity contribution in [3.05, 3.63) is 12.2 Å². The minimum atomic E-state index is -0.802. The third kappa shape index (κ3) is 3.50. The fourth-order valence-corrected chi connectivity index (χ4v) is 2.06. The first-order valence-electron chi connectivity index (χ1n) is 5.56. The topological polar surface area (TPSA) is 54.4 Å². The van der Waals surface area contributed by atoms with E-state index in [-0.39, 0.29) is 24.0 Å². The van der Waals surface area contributed by atoms with Gasteiger partial charge in [0.15, 0.2) is 0 Å². The van der Waals surface area contributed by atoms with Crippen LogP contribution in [0.25, 0.3) is 0 Å². The number of carboxylic acid groups (broad SMARTS) is 1. The average molecular weight is 210 g/mol. The van der Waals surface area contributed by atoms with Gasteiger partial charge < -0.3 is 5.11 Å². The van der Waals surface area contributed by atoms with Gasteiger partial charge in [-0.05, 0) is 18.8 Å². The van der Waals surface area contributed by atoms with Gasteiger partial charge in [0.05, 0.1) is 0 Å². The number of rotatable bonds is 5. The number of carboxylic acids is 1. The van der Waals surface area contributed by atoms with Gasteiger partial charge >= 0.3 is 5.97 Å². The zero-order valence-electron chi connectivity index (χ0n) is 9.11. The summed E-state index contributed by atoms with van der Waals surface area (Å²) in [5.74, 6) is -0.729. The van der Waals surface area contributed by atoms with E-state index in [0.717, 1.165) is 19.3 Å². The molecule has 1 fully saturated rings. The number of carbonyl (C=O) groups excluding carboxylic acids is 1. The van der Waals surface area contributed by atoms with Crippen LogP contribution >= 0.6 is 0 Å².